The van der Waals surface area contributed by atoms with Crippen molar-refractivity contribution >= 4 is 5.97 Å². The van der Waals surface area contributed by atoms with Gasteiger partial charge in [-0.15, -0.1) is 0 Å². The molecule has 0 radical (unpaired) electrons. The highest BCUT2D eigenvalue weighted by atomic mass is 16.5. The predicted molar refractivity (Wildman–Crippen MR) is 176 cm³/mol. The minimum atomic E-state index is -0.506. The van der Waals surface area contributed by atoms with E-state index in [1.54, 1.807) is 6.07 Å². The van der Waals surface area contributed by atoms with Gasteiger partial charge in [0.05, 0.1) is 12.5 Å². The molecule has 44 heavy (non-hydrogen) atoms. The summed E-state index contributed by atoms with van der Waals surface area (Å²) in [5.41, 5.74) is 6.85. The number of hydrogen-bond donors (Lipinski definition) is 1. The Hall–Kier alpha value is -4.84. The molecule has 5 aromatic rings. The first-order valence-electron chi connectivity index (χ1n) is 15.5. The molecular formula is C38H39N3O3. The van der Waals surface area contributed by atoms with Crippen LogP contribution in [-0.2, 0) is 9.53 Å². The molecule has 0 fully saturated rings. The molecule has 0 aliphatic carbocycles. The summed E-state index contributed by atoms with van der Waals surface area (Å²) in [5, 5.41) is 11.5. The van der Waals surface area contributed by atoms with Crippen LogP contribution in [0.2, 0.25) is 0 Å². The second kappa shape index (κ2) is 15.1. The number of nitrogens with zero attached hydrogens (tertiary/aromatic N) is 3. The van der Waals surface area contributed by atoms with Gasteiger partial charge >= 0.3 is 5.97 Å². The monoisotopic (exact) mass is 585 g/mol. The Balaban J connectivity index is 1.52. The lowest BCUT2D eigenvalue weighted by atomic mass is 9.86. The molecule has 1 atom stereocenters. The van der Waals surface area contributed by atoms with Gasteiger partial charge in [0.1, 0.15) is 18.4 Å². The van der Waals surface area contributed by atoms with E-state index in [-0.39, 0.29) is 11.7 Å². The van der Waals surface area contributed by atoms with Gasteiger partial charge in [0.15, 0.2) is 5.82 Å². The molecule has 224 valence electrons. The second-order valence-corrected chi connectivity index (χ2v) is 11.1. The Morgan fingerprint density at radius 2 is 1.36 bits per heavy atom. The summed E-state index contributed by atoms with van der Waals surface area (Å²) in [6.07, 6.45) is 9.74. The number of hydrogen-bond acceptors (Lipinski definition) is 6. The molecule has 0 saturated carbocycles. The number of phenolic OH excluding ortho intramolecular Hbond substituents is 1. The van der Waals surface area contributed by atoms with Crippen molar-refractivity contribution in [1.82, 2.24) is 15.0 Å². The van der Waals surface area contributed by atoms with E-state index in [9.17, 15) is 9.90 Å². The SMILES string of the molecule is CCCCCCCCOC(=O)C(C)c1ccc(-c2cc(-c3ccccc3)cc(-c3ccccc3)c2-c2ncncn2)c(O)c1. The Kier molecular flexibility index (Phi) is 10.5. The van der Waals surface area contributed by atoms with Gasteiger partial charge in [-0.3, -0.25) is 4.79 Å². The van der Waals surface area contributed by atoms with Crippen LogP contribution < -0.4 is 0 Å². The minimum Gasteiger partial charge on any atom is -0.507 e. The molecule has 0 aliphatic rings. The molecule has 0 saturated heterocycles. The van der Waals surface area contributed by atoms with Crippen molar-refractivity contribution in [3.63, 3.8) is 0 Å². The summed E-state index contributed by atoms with van der Waals surface area (Å²) >= 11 is 0. The zero-order valence-corrected chi connectivity index (χ0v) is 25.4. The van der Waals surface area contributed by atoms with Gasteiger partial charge in [-0.2, -0.15) is 0 Å². The summed E-state index contributed by atoms with van der Waals surface area (Å²) in [6, 6.07) is 29.9. The number of carbonyl (C=O) groups is 1. The van der Waals surface area contributed by atoms with Crippen molar-refractivity contribution < 1.29 is 14.6 Å². The average Bonchev–Trinajstić information content (AvgIpc) is 3.08. The fourth-order valence-electron chi connectivity index (χ4n) is 5.47. The van der Waals surface area contributed by atoms with Crippen LogP contribution in [0.25, 0.3) is 44.8 Å². The minimum absolute atomic E-state index is 0.0672. The molecule has 0 amide bonds. The van der Waals surface area contributed by atoms with E-state index in [0.29, 0.717) is 23.6 Å². The van der Waals surface area contributed by atoms with Gasteiger partial charge in [-0.1, -0.05) is 112 Å². The van der Waals surface area contributed by atoms with Gasteiger partial charge < -0.3 is 9.84 Å². The maximum Gasteiger partial charge on any atom is 0.313 e. The summed E-state index contributed by atoms with van der Waals surface area (Å²) in [4.78, 5) is 25.9. The number of phenols is 1. The number of aromatic hydroxyl groups is 1. The highest BCUT2D eigenvalue weighted by Crippen LogP contribution is 2.44. The summed E-state index contributed by atoms with van der Waals surface area (Å²) in [7, 11) is 0. The Morgan fingerprint density at radius 3 is 2.05 bits per heavy atom. The van der Waals surface area contributed by atoms with E-state index < -0.39 is 5.92 Å². The van der Waals surface area contributed by atoms with Gasteiger partial charge in [0.25, 0.3) is 0 Å². The first-order valence-corrected chi connectivity index (χ1v) is 15.5. The predicted octanol–water partition coefficient (Wildman–Crippen LogP) is 9.25. The van der Waals surface area contributed by atoms with Crippen LogP contribution in [0.1, 0.15) is 63.9 Å². The van der Waals surface area contributed by atoms with Crippen LogP contribution in [0.15, 0.2) is 104 Å². The van der Waals surface area contributed by atoms with Crippen LogP contribution in [0, 0.1) is 0 Å². The van der Waals surface area contributed by atoms with Crippen molar-refractivity contribution in [3.05, 3.63) is 109 Å². The Bertz CT molecular complexity index is 1660. The van der Waals surface area contributed by atoms with Crippen molar-refractivity contribution in [1.29, 1.82) is 0 Å². The molecule has 0 aliphatic heterocycles. The van der Waals surface area contributed by atoms with Crippen LogP contribution >= 0.6 is 0 Å². The lowest BCUT2D eigenvalue weighted by Crippen LogP contribution is -2.14. The van der Waals surface area contributed by atoms with Crippen molar-refractivity contribution in [2.75, 3.05) is 6.61 Å². The average molecular weight is 586 g/mol. The third-order valence-electron chi connectivity index (χ3n) is 7.95. The lowest BCUT2D eigenvalue weighted by Gasteiger charge is -2.19. The first-order chi connectivity index (χ1) is 21.6. The Labute approximate surface area is 259 Å². The molecule has 0 bridgehead atoms. The van der Waals surface area contributed by atoms with E-state index in [0.717, 1.165) is 46.2 Å². The maximum absolute atomic E-state index is 12.9. The maximum atomic E-state index is 12.9. The number of benzene rings is 4. The van der Waals surface area contributed by atoms with Gasteiger partial charge in [0, 0.05) is 11.1 Å². The number of esters is 1. The number of carbonyl (C=O) groups excluding carboxylic acids is 1. The molecule has 6 heteroatoms. The van der Waals surface area contributed by atoms with E-state index in [2.05, 4.69) is 58.3 Å². The van der Waals surface area contributed by atoms with E-state index in [1.165, 1.54) is 38.3 Å². The molecule has 1 heterocycles. The summed E-state index contributed by atoms with van der Waals surface area (Å²) in [5.74, 6) is -0.219. The van der Waals surface area contributed by atoms with Crippen molar-refractivity contribution in [2.45, 2.75) is 58.3 Å². The van der Waals surface area contributed by atoms with Gasteiger partial charge in [-0.05, 0) is 64.9 Å². The third kappa shape index (κ3) is 7.38. The summed E-state index contributed by atoms with van der Waals surface area (Å²) < 4.78 is 5.58. The van der Waals surface area contributed by atoms with E-state index >= 15 is 0 Å². The molecular weight excluding hydrogens is 546 g/mol. The van der Waals surface area contributed by atoms with Crippen LogP contribution in [0.5, 0.6) is 5.75 Å². The number of ether oxygens (including phenoxy) is 1. The quantitative estimate of drug-likeness (QED) is 0.109. The van der Waals surface area contributed by atoms with Crippen LogP contribution in [0.4, 0.5) is 0 Å². The molecule has 1 unspecified atom stereocenters. The standard InChI is InChI=1S/C38H39N3O3/c1-3-4-5-6-7-14-21-44-38(43)27(2)30-19-20-32(35(42)24-30)34-23-31(28-15-10-8-11-16-28)22-33(29-17-12-9-13-18-29)36(34)37-40-25-39-26-41-37/h8-13,15-20,22-27,42H,3-7,14,21H2,1-2H3. The van der Waals surface area contributed by atoms with Crippen molar-refractivity contribution in [2.24, 2.45) is 0 Å². The smallest absolute Gasteiger partial charge is 0.313 e. The number of rotatable bonds is 13. The van der Waals surface area contributed by atoms with Crippen LogP contribution in [-0.4, -0.2) is 32.6 Å². The molecule has 5 rings (SSSR count). The highest BCUT2D eigenvalue weighted by molar-refractivity contribution is 5.97. The topological polar surface area (TPSA) is 85.2 Å². The normalized spacial score (nSPS) is 11.7. The number of unbranched alkanes of at least 4 members (excludes halogenated alkanes) is 5. The van der Waals surface area contributed by atoms with E-state index in [1.807, 2.05) is 55.5 Å². The number of aromatic nitrogens is 3. The fraction of sp³-hybridized carbons (Fsp3) is 0.263. The second-order valence-electron chi connectivity index (χ2n) is 11.1. The van der Waals surface area contributed by atoms with Crippen LogP contribution in [0.3, 0.4) is 0 Å². The molecule has 1 N–H and O–H groups in total. The zero-order valence-electron chi connectivity index (χ0n) is 25.4. The highest BCUT2D eigenvalue weighted by Gasteiger charge is 2.23. The molecule has 0 spiro atoms. The van der Waals surface area contributed by atoms with E-state index in [4.69, 9.17) is 4.74 Å². The third-order valence-corrected chi connectivity index (χ3v) is 7.95. The molecule has 1 aromatic heterocycles. The largest absolute Gasteiger partial charge is 0.507 e. The molecule has 4 aromatic carbocycles. The van der Waals surface area contributed by atoms with Gasteiger partial charge in [0.2, 0.25) is 0 Å². The lowest BCUT2D eigenvalue weighted by molar-refractivity contribution is -0.145. The summed E-state index contributed by atoms with van der Waals surface area (Å²) in [6.45, 7) is 4.44. The Morgan fingerprint density at radius 1 is 0.727 bits per heavy atom. The van der Waals surface area contributed by atoms with Gasteiger partial charge in [-0.25, -0.2) is 15.0 Å². The fourth-order valence-corrected chi connectivity index (χ4v) is 5.47. The zero-order chi connectivity index (χ0) is 30.7. The first kappa shape index (κ1) is 30.6. The molecule has 6 nitrogen and oxygen atoms in total. The van der Waals surface area contributed by atoms with Crippen molar-refractivity contribution in [3.8, 4) is 50.5 Å².